The molecule has 3 heterocycles. The molecule has 0 radical (unpaired) electrons. The molecule has 196 valence electrons. The second-order valence-electron chi connectivity index (χ2n) is 10.5. The number of aliphatic hydroxyl groups excluding tert-OH is 1. The number of hydrogen-bond donors (Lipinski definition) is 3. The summed E-state index contributed by atoms with van der Waals surface area (Å²) < 4.78 is 6.50. The van der Waals surface area contributed by atoms with Crippen LogP contribution < -0.4 is 10.6 Å². The third-order valence-corrected chi connectivity index (χ3v) is 8.13. The monoisotopic (exact) mass is 505 g/mol. The molecule has 3 amide bonds. The predicted octanol–water partition coefficient (Wildman–Crippen LogP) is 3.04. The fourth-order valence-electron chi connectivity index (χ4n) is 6.63. The van der Waals surface area contributed by atoms with Gasteiger partial charge in [0.15, 0.2) is 0 Å². The number of aliphatic hydroxyl groups is 1. The van der Waals surface area contributed by atoms with E-state index in [-0.39, 0.29) is 30.4 Å². The van der Waals surface area contributed by atoms with Crippen molar-refractivity contribution >= 4 is 23.4 Å². The SMILES string of the molecule is CCCC(C)NC(=O)C1N([C@H](CO)c2ccccc2)C(=O)[C@@H]2[C@@H](C(=O)Nc3ccccc3)[C@H]3CCC12O3. The lowest BCUT2D eigenvalue weighted by Gasteiger charge is -2.37. The molecule has 8 heteroatoms. The fourth-order valence-corrected chi connectivity index (χ4v) is 6.63. The van der Waals surface area contributed by atoms with Crippen LogP contribution in [0.3, 0.4) is 0 Å². The minimum Gasteiger partial charge on any atom is -0.394 e. The van der Waals surface area contributed by atoms with Crippen molar-refractivity contribution in [3.05, 3.63) is 66.2 Å². The Labute approximate surface area is 217 Å². The second-order valence-corrected chi connectivity index (χ2v) is 10.5. The van der Waals surface area contributed by atoms with Gasteiger partial charge in [-0.3, -0.25) is 14.4 Å². The summed E-state index contributed by atoms with van der Waals surface area (Å²) in [5.41, 5.74) is 0.263. The highest BCUT2D eigenvalue weighted by Crippen LogP contribution is 2.59. The number of likely N-dealkylation sites (tertiary alicyclic amines) is 1. The fraction of sp³-hybridized carbons (Fsp3) is 0.483. The molecule has 3 unspecified atom stereocenters. The van der Waals surface area contributed by atoms with Gasteiger partial charge in [-0.1, -0.05) is 61.9 Å². The number of ether oxygens (including phenoxy) is 1. The minimum absolute atomic E-state index is 0.0787. The molecule has 1 spiro atoms. The number of fused-ring (bicyclic) bond motifs is 1. The summed E-state index contributed by atoms with van der Waals surface area (Å²) in [7, 11) is 0. The van der Waals surface area contributed by atoms with Crippen molar-refractivity contribution in [1.82, 2.24) is 10.2 Å². The molecular weight excluding hydrogens is 470 g/mol. The Kier molecular flexibility index (Phi) is 7.05. The van der Waals surface area contributed by atoms with Crippen LogP contribution in [0.5, 0.6) is 0 Å². The first-order valence-electron chi connectivity index (χ1n) is 13.2. The van der Waals surface area contributed by atoms with Crippen molar-refractivity contribution in [2.75, 3.05) is 11.9 Å². The average Bonchev–Trinajstić information content (AvgIpc) is 3.54. The van der Waals surface area contributed by atoms with E-state index in [1.807, 2.05) is 55.5 Å². The van der Waals surface area contributed by atoms with E-state index < -0.39 is 35.6 Å². The molecule has 3 saturated heterocycles. The van der Waals surface area contributed by atoms with Gasteiger partial charge in [0.2, 0.25) is 17.7 Å². The zero-order valence-electron chi connectivity index (χ0n) is 21.3. The number of amides is 3. The van der Waals surface area contributed by atoms with E-state index in [9.17, 15) is 19.5 Å². The number of rotatable bonds is 9. The van der Waals surface area contributed by atoms with Gasteiger partial charge < -0.3 is 25.4 Å². The van der Waals surface area contributed by atoms with Gasteiger partial charge in [-0.05, 0) is 43.9 Å². The Bertz CT molecular complexity index is 1140. The Morgan fingerprint density at radius 3 is 2.43 bits per heavy atom. The van der Waals surface area contributed by atoms with Crippen LogP contribution in [0.2, 0.25) is 0 Å². The number of nitrogens with zero attached hydrogens (tertiary/aromatic N) is 1. The lowest BCUT2D eigenvalue weighted by Crippen LogP contribution is -2.57. The Morgan fingerprint density at radius 1 is 1.11 bits per heavy atom. The van der Waals surface area contributed by atoms with Crippen LogP contribution in [0.1, 0.15) is 51.1 Å². The summed E-state index contributed by atoms with van der Waals surface area (Å²) in [5, 5.41) is 16.5. The zero-order valence-corrected chi connectivity index (χ0v) is 21.3. The molecule has 3 N–H and O–H groups in total. The van der Waals surface area contributed by atoms with Crippen LogP contribution in [-0.4, -0.2) is 58.1 Å². The quantitative estimate of drug-likeness (QED) is 0.486. The number of benzene rings is 2. The van der Waals surface area contributed by atoms with Crippen LogP contribution in [0, 0.1) is 11.8 Å². The standard InChI is InChI=1S/C29H35N3O5/c1-3-10-18(2)30-27(35)25-29-16-15-22(37-29)23(26(34)31-20-13-8-5-9-14-20)24(29)28(36)32(25)21(17-33)19-11-6-4-7-12-19/h4-9,11-14,18,21-25,33H,3,10,15-17H2,1-2H3,(H,30,35)(H,31,34)/t18?,21-,22-,23+,24+,25?,29?/m1/s1. The molecule has 3 fully saturated rings. The van der Waals surface area contributed by atoms with E-state index in [1.54, 1.807) is 12.1 Å². The third-order valence-electron chi connectivity index (χ3n) is 8.13. The lowest BCUT2D eigenvalue weighted by atomic mass is 9.70. The molecule has 3 aliphatic heterocycles. The summed E-state index contributed by atoms with van der Waals surface area (Å²) in [4.78, 5) is 43.1. The number of carbonyl (C=O) groups is 3. The van der Waals surface area contributed by atoms with Crippen molar-refractivity contribution < 1.29 is 24.2 Å². The van der Waals surface area contributed by atoms with Crippen LogP contribution >= 0.6 is 0 Å². The summed E-state index contributed by atoms with van der Waals surface area (Å²) in [6.07, 6.45) is 2.37. The van der Waals surface area contributed by atoms with Gasteiger partial charge in [0.05, 0.1) is 30.6 Å². The molecule has 2 aromatic carbocycles. The first kappa shape index (κ1) is 25.4. The van der Waals surface area contributed by atoms with Gasteiger partial charge in [0, 0.05) is 11.7 Å². The summed E-state index contributed by atoms with van der Waals surface area (Å²) in [6, 6.07) is 16.6. The van der Waals surface area contributed by atoms with Crippen molar-refractivity contribution in [2.45, 2.75) is 69.4 Å². The molecule has 37 heavy (non-hydrogen) atoms. The highest BCUT2D eigenvalue weighted by atomic mass is 16.5. The van der Waals surface area contributed by atoms with Crippen molar-refractivity contribution in [3.63, 3.8) is 0 Å². The summed E-state index contributed by atoms with van der Waals surface area (Å²) in [5.74, 6) is -2.41. The molecule has 0 aliphatic carbocycles. The molecule has 0 saturated carbocycles. The van der Waals surface area contributed by atoms with Gasteiger partial charge in [0.25, 0.3) is 0 Å². The van der Waals surface area contributed by atoms with Crippen molar-refractivity contribution in [2.24, 2.45) is 11.8 Å². The van der Waals surface area contributed by atoms with E-state index in [0.717, 1.165) is 18.4 Å². The highest BCUT2D eigenvalue weighted by molar-refractivity contribution is 6.02. The number of anilines is 1. The zero-order chi connectivity index (χ0) is 26.2. The van der Waals surface area contributed by atoms with Gasteiger partial charge in [-0.15, -0.1) is 0 Å². The number of carbonyl (C=O) groups excluding carboxylic acids is 3. The Hall–Kier alpha value is -3.23. The summed E-state index contributed by atoms with van der Waals surface area (Å²) in [6.45, 7) is 3.65. The maximum atomic E-state index is 14.2. The number of hydrogen-bond acceptors (Lipinski definition) is 5. The lowest BCUT2D eigenvalue weighted by molar-refractivity contribution is -0.145. The van der Waals surface area contributed by atoms with E-state index >= 15 is 0 Å². The smallest absolute Gasteiger partial charge is 0.246 e. The number of para-hydroxylation sites is 1. The Balaban J connectivity index is 1.53. The molecule has 3 aliphatic rings. The third kappa shape index (κ3) is 4.32. The van der Waals surface area contributed by atoms with E-state index in [2.05, 4.69) is 17.6 Å². The topological polar surface area (TPSA) is 108 Å². The first-order valence-corrected chi connectivity index (χ1v) is 13.2. The van der Waals surface area contributed by atoms with Crippen LogP contribution in [0.25, 0.3) is 0 Å². The maximum Gasteiger partial charge on any atom is 0.246 e. The van der Waals surface area contributed by atoms with Crippen LogP contribution in [0.4, 0.5) is 5.69 Å². The van der Waals surface area contributed by atoms with Crippen LogP contribution in [0.15, 0.2) is 60.7 Å². The van der Waals surface area contributed by atoms with E-state index in [0.29, 0.717) is 18.5 Å². The van der Waals surface area contributed by atoms with Gasteiger partial charge in [0.1, 0.15) is 11.6 Å². The highest BCUT2D eigenvalue weighted by Gasteiger charge is 2.75. The van der Waals surface area contributed by atoms with E-state index in [1.165, 1.54) is 4.90 Å². The maximum absolute atomic E-state index is 14.2. The summed E-state index contributed by atoms with van der Waals surface area (Å²) >= 11 is 0. The number of nitrogens with one attached hydrogen (secondary N) is 2. The van der Waals surface area contributed by atoms with Gasteiger partial charge >= 0.3 is 0 Å². The molecule has 2 aromatic rings. The normalized spacial score (nSPS) is 29.6. The molecule has 8 nitrogen and oxygen atoms in total. The second kappa shape index (κ2) is 10.3. The molecule has 5 rings (SSSR count). The Morgan fingerprint density at radius 2 is 1.78 bits per heavy atom. The van der Waals surface area contributed by atoms with Gasteiger partial charge in [-0.25, -0.2) is 0 Å². The van der Waals surface area contributed by atoms with E-state index in [4.69, 9.17) is 4.74 Å². The molecule has 0 aromatic heterocycles. The van der Waals surface area contributed by atoms with Crippen LogP contribution in [-0.2, 0) is 19.1 Å². The van der Waals surface area contributed by atoms with Crippen molar-refractivity contribution in [1.29, 1.82) is 0 Å². The van der Waals surface area contributed by atoms with Crippen molar-refractivity contribution in [3.8, 4) is 0 Å². The molecular formula is C29H35N3O5. The molecule has 2 bridgehead atoms. The van der Waals surface area contributed by atoms with Gasteiger partial charge in [-0.2, -0.15) is 0 Å². The minimum atomic E-state index is -1.11. The molecule has 7 atom stereocenters. The first-order chi connectivity index (χ1) is 17.9. The predicted molar refractivity (Wildman–Crippen MR) is 138 cm³/mol. The largest absolute Gasteiger partial charge is 0.394 e. The average molecular weight is 506 g/mol.